The van der Waals surface area contributed by atoms with Crippen LogP contribution >= 0.6 is 11.6 Å². The van der Waals surface area contributed by atoms with E-state index in [0.717, 1.165) is 35.7 Å². The summed E-state index contributed by atoms with van der Waals surface area (Å²) < 4.78 is 5.43. The van der Waals surface area contributed by atoms with Crippen molar-refractivity contribution in [3.63, 3.8) is 0 Å². The molecule has 0 amide bonds. The maximum atomic E-state index is 6.07. The van der Waals surface area contributed by atoms with E-state index in [2.05, 4.69) is 10.3 Å². The average Bonchev–Trinajstić information content (AvgIpc) is 2.53. The molecule has 1 N–H and O–H groups in total. The molecule has 4 nitrogen and oxygen atoms in total. The maximum Gasteiger partial charge on any atom is 0.140 e. The maximum absolute atomic E-state index is 6.07. The van der Waals surface area contributed by atoms with Gasteiger partial charge >= 0.3 is 0 Å². The molecule has 3 rings (SSSR count). The quantitative estimate of drug-likeness (QED) is 0.803. The first kappa shape index (κ1) is 12.7. The van der Waals surface area contributed by atoms with Gasteiger partial charge in [0.2, 0.25) is 0 Å². The van der Waals surface area contributed by atoms with Gasteiger partial charge in [0, 0.05) is 17.8 Å². The number of ether oxygens (including phenoxy) is 1. The van der Waals surface area contributed by atoms with Crippen molar-refractivity contribution in [2.24, 2.45) is 4.99 Å². The fourth-order valence-corrected chi connectivity index (χ4v) is 3.21. The summed E-state index contributed by atoms with van der Waals surface area (Å²) in [4.78, 5) is 9.29. The molecule has 0 radical (unpaired) electrons. The Bertz CT molecular complexity index is 530. The zero-order chi connectivity index (χ0) is 13.4. The van der Waals surface area contributed by atoms with Gasteiger partial charge in [0.25, 0.3) is 0 Å². The summed E-state index contributed by atoms with van der Waals surface area (Å²) in [7, 11) is 1.65. The molecule has 0 bridgehead atoms. The summed E-state index contributed by atoms with van der Waals surface area (Å²) >= 11 is 6.07. The molecule has 0 unspecified atom stereocenters. The predicted octanol–water partition coefficient (Wildman–Crippen LogP) is 3.29. The number of hydrogen-bond acceptors (Lipinski definition) is 4. The molecule has 0 spiro atoms. The largest absolute Gasteiger partial charge is 0.496 e. The molecular formula is C14H18ClN3O. The van der Waals surface area contributed by atoms with E-state index in [1.807, 2.05) is 6.92 Å². The van der Waals surface area contributed by atoms with E-state index in [-0.39, 0.29) is 0 Å². The molecular weight excluding hydrogens is 262 g/mol. The normalized spacial score (nSPS) is 25.5. The van der Waals surface area contributed by atoms with Crippen LogP contribution in [0.3, 0.4) is 0 Å². The van der Waals surface area contributed by atoms with Crippen LogP contribution < -0.4 is 10.1 Å². The van der Waals surface area contributed by atoms with E-state index in [0.29, 0.717) is 17.2 Å². The van der Waals surface area contributed by atoms with Crippen LogP contribution in [0.15, 0.2) is 11.1 Å². The van der Waals surface area contributed by atoms with Gasteiger partial charge < -0.3 is 10.1 Å². The predicted molar refractivity (Wildman–Crippen MR) is 77.7 cm³/mol. The molecule has 1 aromatic rings. The Morgan fingerprint density at radius 2 is 2.16 bits per heavy atom. The highest BCUT2D eigenvalue weighted by Gasteiger charge is 2.30. The lowest BCUT2D eigenvalue weighted by Crippen LogP contribution is -2.34. The summed E-state index contributed by atoms with van der Waals surface area (Å²) in [6, 6.07) is 2.45. The van der Waals surface area contributed by atoms with Gasteiger partial charge in [-0.05, 0) is 19.8 Å². The Morgan fingerprint density at radius 3 is 2.95 bits per heavy atom. The summed E-state index contributed by atoms with van der Waals surface area (Å²) in [6.45, 7) is 2.02. The number of fused-ring (bicyclic) bond motifs is 2. The number of pyridine rings is 1. The number of nitrogens with zero attached hydrogens (tertiary/aromatic N) is 2. The second-order valence-corrected chi connectivity index (χ2v) is 5.58. The Hall–Kier alpha value is -1.29. The number of aliphatic imine (C=N–C) groups is 1. The molecule has 2 heterocycles. The van der Waals surface area contributed by atoms with Crippen molar-refractivity contribution in [2.75, 3.05) is 12.4 Å². The molecule has 5 heteroatoms. The molecule has 0 aromatic carbocycles. The number of rotatable bonds is 1. The van der Waals surface area contributed by atoms with Gasteiger partial charge in [-0.25, -0.2) is 4.98 Å². The molecule has 1 saturated carbocycles. The van der Waals surface area contributed by atoms with E-state index in [1.54, 1.807) is 13.2 Å². The van der Waals surface area contributed by atoms with Crippen LogP contribution in [0.5, 0.6) is 5.75 Å². The number of methoxy groups -OCH3 is 1. The molecule has 19 heavy (non-hydrogen) atoms. The molecule has 1 aromatic heterocycles. The van der Waals surface area contributed by atoms with Crippen LogP contribution in [-0.4, -0.2) is 29.9 Å². The number of aromatic nitrogens is 1. The van der Waals surface area contributed by atoms with Gasteiger partial charge in [-0.2, -0.15) is 0 Å². The smallest absolute Gasteiger partial charge is 0.140 e. The van der Waals surface area contributed by atoms with Crippen LogP contribution in [0, 0.1) is 0 Å². The fourth-order valence-electron chi connectivity index (χ4n) is 3.03. The van der Waals surface area contributed by atoms with Gasteiger partial charge in [0.05, 0.1) is 18.7 Å². The minimum absolute atomic E-state index is 0.339. The van der Waals surface area contributed by atoms with E-state index in [9.17, 15) is 0 Å². The minimum atomic E-state index is 0.339. The highest BCUT2D eigenvalue weighted by Crippen LogP contribution is 2.34. The topological polar surface area (TPSA) is 46.5 Å². The van der Waals surface area contributed by atoms with E-state index >= 15 is 0 Å². The summed E-state index contributed by atoms with van der Waals surface area (Å²) in [5.41, 5.74) is 1.93. The lowest BCUT2D eigenvalue weighted by atomic mass is 9.91. The Balaban J connectivity index is 2.11. The Kier molecular flexibility index (Phi) is 3.35. The standard InChI is InChI=1S/C14H18ClN3O/c1-8-13-11(19-2)7-12(15)18-14(13)17-10-6-4-3-5-9(10)16-8/h7,9-10H,3-6H2,1-2H3,(H,17,18)/t9-,10-/m1/s1. The first-order valence-corrected chi connectivity index (χ1v) is 7.12. The monoisotopic (exact) mass is 279 g/mol. The molecule has 0 saturated heterocycles. The van der Waals surface area contributed by atoms with E-state index in [4.69, 9.17) is 21.3 Å². The van der Waals surface area contributed by atoms with E-state index in [1.165, 1.54) is 12.8 Å². The third-order valence-corrected chi connectivity index (χ3v) is 4.14. The van der Waals surface area contributed by atoms with Crippen molar-refractivity contribution in [3.8, 4) is 5.75 Å². The van der Waals surface area contributed by atoms with Crippen molar-refractivity contribution in [1.82, 2.24) is 4.98 Å². The summed E-state index contributed by atoms with van der Waals surface area (Å²) in [6.07, 6.45) is 4.77. The van der Waals surface area contributed by atoms with Crippen LogP contribution in [0.25, 0.3) is 0 Å². The minimum Gasteiger partial charge on any atom is -0.496 e. The van der Waals surface area contributed by atoms with Crippen LogP contribution in [0.2, 0.25) is 5.15 Å². The van der Waals surface area contributed by atoms with Crippen LogP contribution in [-0.2, 0) is 0 Å². The third-order valence-electron chi connectivity index (χ3n) is 3.94. The zero-order valence-corrected chi connectivity index (χ0v) is 12.0. The SMILES string of the molecule is COc1cc(Cl)nc2c1C(C)=N[C@@H]1CCCC[C@H]1N2. The first-order valence-electron chi connectivity index (χ1n) is 6.75. The van der Waals surface area contributed by atoms with Gasteiger partial charge in [-0.15, -0.1) is 0 Å². The molecule has 102 valence electrons. The second kappa shape index (κ2) is 5.00. The lowest BCUT2D eigenvalue weighted by molar-refractivity contribution is 0.406. The second-order valence-electron chi connectivity index (χ2n) is 5.19. The van der Waals surface area contributed by atoms with E-state index < -0.39 is 0 Å². The molecule has 1 aliphatic carbocycles. The Labute approximate surface area is 118 Å². The number of nitrogens with one attached hydrogen (secondary N) is 1. The highest BCUT2D eigenvalue weighted by atomic mass is 35.5. The van der Waals surface area contributed by atoms with Gasteiger partial charge in [0.1, 0.15) is 16.7 Å². The van der Waals surface area contributed by atoms with Crippen molar-refractivity contribution in [3.05, 3.63) is 16.8 Å². The third kappa shape index (κ3) is 2.29. The summed E-state index contributed by atoms with van der Waals surface area (Å²) in [5, 5.41) is 3.97. The first-order chi connectivity index (χ1) is 9.19. The molecule has 1 fully saturated rings. The fraction of sp³-hybridized carbons (Fsp3) is 0.571. The van der Waals surface area contributed by atoms with Crippen molar-refractivity contribution in [1.29, 1.82) is 0 Å². The van der Waals surface area contributed by atoms with Crippen LogP contribution in [0.4, 0.5) is 5.82 Å². The van der Waals surface area contributed by atoms with Gasteiger partial charge in [0.15, 0.2) is 0 Å². The number of halogens is 1. The van der Waals surface area contributed by atoms with Crippen molar-refractivity contribution < 1.29 is 4.74 Å². The van der Waals surface area contributed by atoms with Crippen molar-refractivity contribution in [2.45, 2.75) is 44.7 Å². The summed E-state index contributed by atoms with van der Waals surface area (Å²) in [5.74, 6) is 1.54. The Morgan fingerprint density at radius 1 is 1.37 bits per heavy atom. The average molecular weight is 280 g/mol. The molecule has 2 aliphatic rings. The molecule has 1 aliphatic heterocycles. The highest BCUT2D eigenvalue weighted by molar-refractivity contribution is 6.30. The van der Waals surface area contributed by atoms with Gasteiger partial charge in [-0.3, -0.25) is 4.99 Å². The van der Waals surface area contributed by atoms with Crippen LogP contribution in [0.1, 0.15) is 38.2 Å². The lowest BCUT2D eigenvalue weighted by Gasteiger charge is -2.28. The van der Waals surface area contributed by atoms with Crippen molar-refractivity contribution >= 4 is 23.1 Å². The zero-order valence-electron chi connectivity index (χ0n) is 11.2. The molecule has 2 atom stereocenters. The number of hydrogen-bond donors (Lipinski definition) is 1. The number of anilines is 1. The van der Waals surface area contributed by atoms with Gasteiger partial charge in [-0.1, -0.05) is 24.4 Å².